The molecule has 0 aromatic carbocycles. The maximum atomic E-state index is 12.5. The first-order valence-electron chi connectivity index (χ1n) is 7.90. The van der Waals surface area contributed by atoms with Crippen LogP contribution in [-0.4, -0.2) is 31.9 Å². The van der Waals surface area contributed by atoms with Gasteiger partial charge < -0.3 is 14.3 Å². The number of esters is 2. The number of hydrogen-bond donors (Lipinski definition) is 0. The average Bonchev–Trinajstić information content (AvgIpc) is 3.12. The van der Waals surface area contributed by atoms with Crippen molar-refractivity contribution < 1.29 is 23.9 Å². The van der Waals surface area contributed by atoms with E-state index < -0.39 is 17.4 Å². The first-order chi connectivity index (χ1) is 10.9. The molecular weight excluding hydrogens is 296 g/mol. The predicted molar refractivity (Wildman–Crippen MR) is 84.4 cm³/mol. The van der Waals surface area contributed by atoms with Gasteiger partial charge in [0.05, 0.1) is 14.2 Å². The van der Waals surface area contributed by atoms with Crippen LogP contribution in [0.15, 0.2) is 23.3 Å². The highest BCUT2D eigenvalue weighted by molar-refractivity contribution is 6.01. The molecule has 0 N–H and O–H groups in total. The van der Waals surface area contributed by atoms with E-state index in [1.165, 1.54) is 14.2 Å². The fourth-order valence-corrected chi connectivity index (χ4v) is 3.92. The summed E-state index contributed by atoms with van der Waals surface area (Å²) in [4.78, 5) is 36.2. The molecule has 2 rings (SSSR count). The smallest absolute Gasteiger partial charge is 0.323 e. The third-order valence-electron chi connectivity index (χ3n) is 5.17. The molecule has 126 valence electrons. The Hall–Kier alpha value is -1.91. The van der Waals surface area contributed by atoms with Crippen molar-refractivity contribution in [1.29, 1.82) is 0 Å². The molecule has 0 bridgehead atoms. The van der Waals surface area contributed by atoms with Crippen LogP contribution in [0.1, 0.15) is 39.5 Å². The minimum absolute atomic E-state index is 0.0418. The van der Waals surface area contributed by atoms with Crippen LogP contribution in [-0.2, 0) is 23.9 Å². The molecule has 0 aliphatic heterocycles. The molecule has 23 heavy (non-hydrogen) atoms. The number of hydrogen-bond acceptors (Lipinski definition) is 5. The van der Waals surface area contributed by atoms with Crippen LogP contribution in [0.3, 0.4) is 0 Å². The summed E-state index contributed by atoms with van der Waals surface area (Å²) >= 11 is 0. The van der Waals surface area contributed by atoms with Crippen LogP contribution in [0.4, 0.5) is 0 Å². The molecule has 2 aliphatic rings. The molecule has 0 heterocycles. The Morgan fingerprint density at radius 1 is 1.13 bits per heavy atom. The van der Waals surface area contributed by atoms with E-state index in [9.17, 15) is 14.4 Å². The van der Waals surface area contributed by atoms with Crippen molar-refractivity contribution in [2.75, 3.05) is 14.2 Å². The summed E-state index contributed by atoms with van der Waals surface area (Å²) in [5, 5.41) is 0. The average molecular weight is 320 g/mol. The zero-order valence-electron chi connectivity index (χ0n) is 14.2. The fraction of sp³-hybridized carbons (Fsp3) is 0.611. The Morgan fingerprint density at radius 3 is 2.26 bits per heavy atom. The van der Waals surface area contributed by atoms with E-state index in [4.69, 9.17) is 9.47 Å². The Bertz CT molecular complexity index is 568. The minimum Gasteiger partial charge on any atom is -0.468 e. The first-order valence-corrected chi connectivity index (χ1v) is 7.90. The molecule has 0 aromatic rings. The molecule has 0 amide bonds. The van der Waals surface area contributed by atoms with Crippen molar-refractivity contribution in [1.82, 2.24) is 0 Å². The van der Waals surface area contributed by atoms with Crippen LogP contribution >= 0.6 is 0 Å². The van der Waals surface area contributed by atoms with Gasteiger partial charge in [-0.3, -0.25) is 9.59 Å². The number of ether oxygens (including phenoxy) is 2. The van der Waals surface area contributed by atoms with Gasteiger partial charge in [0.2, 0.25) is 0 Å². The Morgan fingerprint density at radius 2 is 1.74 bits per heavy atom. The van der Waals surface area contributed by atoms with E-state index >= 15 is 0 Å². The van der Waals surface area contributed by atoms with Gasteiger partial charge in [0.1, 0.15) is 5.78 Å². The molecule has 0 spiro atoms. The Kier molecular flexibility index (Phi) is 5.07. The number of ketones is 1. The van der Waals surface area contributed by atoms with Crippen molar-refractivity contribution in [3.05, 3.63) is 23.3 Å². The lowest BCUT2D eigenvalue weighted by molar-refractivity contribution is -0.172. The van der Waals surface area contributed by atoms with Gasteiger partial charge in [-0.05, 0) is 39.0 Å². The molecular formula is C18H24O5. The summed E-state index contributed by atoms with van der Waals surface area (Å²) < 4.78 is 9.90. The quantitative estimate of drug-likeness (QED) is 0.442. The van der Waals surface area contributed by atoms with Gasteiger partial charge >= 0.3 is 11.9 Å². The highest BCUT2D eigenvalue weighted by Gasteiger charge is 2.62. The normalized spacial score (nSPS) is 26.6. The molecule has 0 unspecified atom stereocenters. The number of methoxy groups -OCH3 is 2. The summed E-state index contributed by atoms with van der Waals surface area (Å²) in [5.41, 5.74) is 0.877. The molecule has 1 saturated carbocycles. The molecule has 0 radical (unpaired) electrons. The van der Waals surface area contributed by atoms with E-state index in [2.05, 4.69) is 6.08 Å². The zero-order valence-corrected chi connectivity index (χ0v) is 14.2. The molecule has 0 aromatic heterocycles. The van der Waals surface area contributed by atoms with Crippen LogP contribution in [0.2, 0.25) is 0 Å². The number of rotatable bonds is 5. The van der Waals surface area contributed by atoms with E-state index in [0.29, 0.717) is 25.7 Å². The van der Waals surface area contributed by atoms with Gasteiger partial charge in [0, 0.05) is 12.3 Å². The van der Waals surface area contributed by atoms with Gasteiger partial charge in [0.25, 0.3) is 0 Å². The molecule has 2 atom stereocenters. The Balaban J connectivity index is 2.44. The number of Topliss-reactive ketones (excluding diaryl/α,β-unsaturated/α-hetero) is 1. The highest BCUT2D eigenvalue weighted by atomic mass is 16.5. The van der Waals surface area contributed by atoms with Crippen molar-refractivity contribution in [3.8, 4) is 0 Å². The topological polar surface area (TPSA) is 69.7 Å². The number of fused-ring (bicyclic) bond motifs is 1. The standard InChI is InChI=1S/C18H24O5/c1-11(8-9-12(2)19)14-10-18(16(20)22-3,17(21)23-4)15-7-5-6-13(14)15/h5-6,13,15H,7-10H2,1-4H3/b14-11-/t13-,15-/m1/s1. The monoisotopic (exact) mass is 320 g/mol. The Labute approximate surface area is 136 Å². The van der Waals surface area contributed by atoms with Gasteiger partial charge in [-0.15, -0.1) is 0 Å². The van der Waals surface area contributed by atoms with E-state index in [0.717, 1.165) is 11.1 Å². The highest BCUT2D eigenvalue weighted by Crippen LogP contribution is 2.57. The van der Waals surface area contributed by atoms with Gasteiger partial charge in [-0.25, -0.2) is 0 Å². The second-order valence-corrected chi connectivity index (χ2v) is 6.44. The molecule has 5 nitrogen and oxygen atoms in total. The lowest BCUT2D eigenvalue weighted by Gasteiger charge is -2.28. The number of allylic oxidation sites excluding steroid dienone is 4. The summed E-state index contributed by atoms with van der Waals surface area (Å²) in [7, 11) is 2.60. The summed E-state index contributed by atoms with van der Waals surface area (Å²) in [5.74, 6) is -1.05. The second-order valence-electron chi connectivity index (χ2n) is 6.44. The largest absolute Gasteiger partial charge is 0.468 e. The van der Waals surface area contributed by atoms with Crippen molar-refractivity contribution in [3.63, 3.8) is 0 Å². The summed E-state index contributed by atoms with van der Waals surface area (Å²) in [6.45, 7) is 3.55. The molecule has 0 saturated heterocycles. The zero-order chi connectivity index (χ0) is 17.2. The minimum atomic E-state index is -1.27. The molecule has 1 fully saturated rings. The van der Waals surface area contributed by atoms with Gasteiger partial charge in [-0.1, -0.05) is 23.3 Å². The lowest BCUT2D eigenvalue weighted by atomic mass is 9.75. The van der Waals surface area contributed by atoms with Crippen LogP contribution in [0, 0.1) is 17.3 Å². The maximum absolute atomic E-state index is 12.5. The van der Waals surface area contributed by atoms with E-state index in [1.807, 2.05) is 13.0 Å². The molecule has 2 aliphatic carbocycles. The van der Waals surface area contributed by atoms with Gasteiger partial charge in [-0.2, -0.15) is 0 Å². The van der Waals surface area contributed by atoms with E-state index in [-0.39, 0.29) is 17.6 Å². The van der Waals surface area contributed by atoms with Crippen molar-refractivity contribution >= 4 is 17.7 Å². The first kappa shape index (κ1) is 17.4. The predicted octanol–water partition coefficient (Wildman–Crippen LogP) is 2.60. The van der Waals surface area contributed by atoms with Crippen molar-refractivity contribution in [2.24, 2.45) is 17.3 Å². The summed E-state index contributed by atoms with van der Waals surface area (Å²) in [6, 6.07) is 0. The maximum Gasteiger partial charge on any atom is 0.323 e. The molecule has 5 heteroatoms. The van der Waals surface area contributed by atoms with Crippen LogP contribution < -0.4 is 0 Å². The van der Waals surface area contributed by atoms with Crippen molar-refractivity contribution in [2.45, 2.75) is 39.5 Å². The number of carbonyl (C=O) groups is 3. The third kappa shape index (κ3) is 2.84. The number of carbonyl (C=O) groups excluding carboxylic acids is 3. The van der Waals surface area contributed by atoms with Crippen LogP contribution in [0.5, 0.6) is 0 Å². The van der Waals surface area contributed by atoms with E-state index in [1.54, 1.807) is 6.92 Å². The van der Waals surface area contributed by atoms with Gasteiger partial charge in [0.15, 0.2) is 5.41 Å². The second kappa shape index (κ2) is 6.69. The summed E-state index contributed by atoms with van der Waals surface area (Å²) in [6.07, 6.45) is 6.16. The fourth-order valence-electron chi connectivity index (χ4n) is 3.92. The third-order valence-corrected chi connectivity index (χ3v) is 5.17. The lowest BCUT2D eigenvalue weighted by Crippen LogP contribution is -2.44. The van der Waals surface area contributed by atoms with Crippen LogP contribution in [0.25, 0.3) is 0 Å². The SMILES string of the molecule is COC(=O)C1(C(=O)OC)C/C(=C(\C)CCC(C)=O)[C@H]2C=CC[C@H]21.